The summed E-state index contributed by atoms with van der Waals surface area (Å²) in [6, 6.07) is 17.6. The van der Waals surface area contributed by atoms with Gasteiger partial charge in [-0.05, 0) is 62.4 Å². The van der Waals surface area contributed by atoms with E-state index in [1.807, 2.05) is 12.1 Å². The number of rotatable bonds is 6. The molecular weight excluding hydrogens is 391 g/mol. The van der Waals surface area contributed by atoms with Crippen molar-refractivity contribution in [3.63, 3.8) is 0 Å². The molecule has 0 unspecified atom stereocenters. The van der Waals surface area contributed by atoms with E-state index in [9.17, 15) is 4.57 Å². The van der Waals surface area contributed by atoms with Gasteiger partial charge in [0.2, 0.25) is 0 Å². The molecule has 29 heavy (non-hydrogen) atoms. The Morgan fingerprint density at radius 3 is 2.07 bits per heavy atom. The summed E-state index contributed by atoms with van der Waals surface area (Å²) in [6.07, 6.45) is 6.12. The molecule has 154 valence electrons. The van der Waals surface area contributed by atoms with Crippen LogP contribution < -0.4 is 9.05 Å². The number of benzene rings is 2. The summed E-state index contributed by atoms with van der Waals surface area (Å²) in [6.45, 7) is 0.747. The van der Waals surface area contributed by atoms with Crippen LogP contribution in [-0.2, 0) is 18.6 Å². The molecule has 0 radical (unpaired) electrons. The number of hydrogen-bond acceptors (Lipinski definition) is 6. The lowest BCUT2D eigenvalue weighted by molar-refractivity contribution is -0.110. The van der Waals surface area contributed by atoms with Crippen LogP contribution in [0.4, 0.5) is 0 Å². The lowest BCUT2D eigenvalue weighted by Gasteiger charge is -2.34. The predicted octanol–water partition coefficient (Wildman–Crippen LogP) is 5.86. The van der Waals surface area contributed by atoms with Crippen LogP contribution in [-0.4, -0.2) is 18.8 Å². The molecule has 1 saturated heterocycles. The van der Waals surface area contributed by atoms with E-state index in [4.69, 9.17) is 23.0 Å². The van der Waals surface area contributed by atoms with Gasteiger partial charge in [0, 0.05) is 6.61 Å². The summed E-state index contributed by atoms with van der Waals surface area (Å²) in [5.41, 5.74) is 0. The lowest BCUT2D eigenvalue weighted by atomic mass is 9.99. The number of fused-ring (bicyclic) bond motifs is 1. The summed E-state index contributed by atoms with van der Waals surface area (Å²) < 4.78 is 42.6. The summed E-state index contributed by atoms with van der Waals surface area (Å²) in [7, 11) is -4.05. The van der Waals surface area contributed by atoms with Gasteiger partial charge in [0.05, 0.1) is 6.10 Å². The largest absolute Gasteiger partial charge is 0.649 e. The Labute approximate surface area is 171 Å². The highest BCUT2D eigenvalue weighted by Crippen LogP contribution is 2.52. The molecule has 2 aromatic rings. The molecule has 0 amide bonds. The minimum absolute atomic E-state index is 0.0283. The van der Waals surface area contributed by atoms with Crippen molar-refractivity contribution < 1.29 is 27.6 Å². The first-order valence-electron chi connectivity index (χ1n) is 9.97. The fourth-order valence-corrected chi connectivity index (χ4v) is 4.61. The second-order valence-corrected chi connectivity index (χ2v) is 8.45. The Morgan fingerprint density at radius 2 is 1.41 bits per heavy atom. The lowest BCUT2D eigenvalue weighted by Crippen LogP contribution is -2.37. The van der Waals surface area contributed by atoms with Crippen LogP contribution in [0.3, 0.4) is 0 Å². The van der Waals surface area contributed by atoms with Crippen LogP contribution in [0.25, 0.3) is 0 Å². The molecule has 0 spiro atoms. The van der Waals surface area contributed by atoms with E-state index in [-0.39, 0.29) is 18.2 Å². The zero-order valence-corrected chi connectivity index (χ0v) is 17.0. The molecule has 2 aliphatic heterocycles. The molecule has 7 heteroatoms. The van der Waals surface area contributed by atoms with Gasteiger partial charge in [-0.2, -0.15) is 4.57 Å². The van der Waals surface area contributed by atoms with Crippen LogP contribution in [0.15, 0.2) is 72.7 Å². The van der Waals surface area contributed by atoms with E-state index in [1.165, 1.54) is 0 Å². The molecule has 0 bridgehead atoms. The second-order valence-electron chi connectivity index (χ2n) is 7.01. The van der Waals surface area contributed by atoms with E-state index in [1.54, 1.807) is 54.6 Å². The van der Waals surface area contributed by atoms with E-state index in [2.05, 4.69) is 0 Å². The maximum Gasteiger partial charge on any atom is 0.649 e. The molecule has 2 aromatic carbocycles. The van der Waals surface area contributed by atoms with Gasteiger partial charge in [-0.15, -0.1) is 0 Å². The Balaban J connectivity index is 1.55. The van der Waals surface area contributed by atoms with E-state index in [0.717, 1.165) is 38.7 Å². The maximum absolute atomic E-state index is 13.6. The monoisotopic (exact) mass is 416 g/mol. The minimum atomic E-state index is -4.05. The highest BCUT2D eigenvalue weighted by Gasteiger charge is 2.37. The van der Waals surface area contributed by atoms with Crippen molar-refractivity contribution >= 4 is 7.82 Å². The first-order chi connectivity index (χ1) is 14.2. The summed E-state index contributed by atoms with van der Waals surface area (Å²) in [5, 5.41) is 0. The number of allylic oxidation sites excluding steroid dienone is 1. The minimum Gasteiger partial charge on any atom is -0.459 e. The van der Waals surface area contributed by atoms with Crippen LogP contribution in [0.1, 0.15) is 32.1 Å². The zero-order chi connectivity index (χ0) is 19.9. The van der Waals surface area contributed by atoms with Crippen molar-refractivity contribution in [3.8, 4) is 11.5 Å². The van der Waals surface area contributed by atoms with Gasteiger partial charge in [0.1, 0.15) is 17.6 Å². The normalized spacial score (nSPS) is 23.9. The van der Waals surface area contributed by atoms with Gasteiger partial charge < -0.3 is 23.0 Å². The van der Waals surface area contributed by atoms with Gasteiger partial charge >= 0.3 is 7.82 Å². The Hall–Kier alpha value is -2.43. The number of phosphoric acid groups is 1. The third-order valence-corrected chi connectivity index (χ3v) is 6.05. The van der Waals surface area contributed by atoms with Gasteiger partial charge in [-0.25, -0.2) is 0 Å². The molecule has 2 heterocycles. The summed E-state index contributed by atoms with van der Waals surface area (Å²) in [4.78, 5) is 0. The zero-order valence-electron chi connectivity index (χ0n) is 16.1. The molecule has 2 aliphatic rings. The highest BCUT2D eigenvalue weighted by molar-refractivity contribution is 7.49. The molecule has 0 N–H and O–H groups in total. The van der Waals surface area contributed by atoms with Crippen molar-refractivity contribution in [2.24, 2.45) is 0 Å². The molecular formula is C22H25O6P. The summed E-state index contributed by atoms with van der Waals surface area (Å²) >= 11 is 0. The molecule has 2 atom stereocenters. The van der Waals surface area contributed by atoms with E-state index >= 15 is 0 Å². The summed E-state index contributed by atoms with van der Waals surface area (Å²) in [5.74, 6) is 0.939. The van der Waals surface area contributed by atoms with Crippen LogP contribution >= 0.6 is 7.82 Å². The average molecular weight is 416 g/mol. The number of ether oxygens (including phenoxy) is 2. The third-order valence-electron chi connectivity index (χ3n) is 4.77. The molecule has 0 aliphatic carbocycles. The fourth-order valence-electron chi connectivity index (χ4n) is 3.40. The third kappa shape index (κ3) is 5.55. The number of phosphoric ester groups is 1. The van der Waals surface area contributed by atoms with Gasteiger partial charge in [0.15, 0.2) is 0 Å². The maximum atomic E-state index is 13.6. The number of hydrogen-bond donors (Lipinski definition) is 0. The molecule has 0 aromatic heterocycles. The van der Waals surface area contributed by atoms with Crippen LogP contribution in [0, 0.1) is 0 Å². The average Bonchev–Trinajstić information content (AvgIpc) is 2.71. The first kappa shape index (κ1) is 19.9. The quantitative estimate of drug-likeness (QED) is 0.550. The number of para-hydroxylation sites is 2. The van der Waals surface area contributed by atoms with Crippen LogP contribution in [0.2, 0.25) is 0 Å². The Bertz CT molecular complexity index is 809. The SMILES string of the molecule is O=P(O/C1=C/CCC[C@H]2OCCC[C@@H]2O1)(Oc1ccccc1)Oc1ccccc1. The Kier molecular flexibility index (Phi) is 6.43. The van der Waals surface area contributed by atoms with Crippen molar-refractivity contribution in [3.05, 3.63) is 72.7 Å². The fraction of sp³-hybridized carbons (Fsp3) is 0.364. The Morgan fingerprint density at radius 1 is 0.793 bits per heavy atom. The standard InChI is InChI=1S/C22H25O6P/c23-29(26-18-10-3-1-4-11-18,27-19-12-5-2-6-13-19)28-22-16-8-7-14-20-21(25-22)15-9-17-24-20/h1-6,10-13,16,20-21H,7-9,14-15,17H2/b22-16+/t20-,21+/m1/s1. The molecule has 6 nitrogen and oxygen atoms in total. The first-order valence-corrected chi connectivity index (χ1v) is 11.4. The molecule has 0 saturated carbocycles. The van der Waals surface area contributed by atoms with Gasteiger partial charge in [-0.1, -0.05) is 36.4 Å². The van der Waals surface area contributed by atoms with Gasteiger partial charge in [-0.3, -0.25) is 0 Å². The smallest absolute Gasteiger partial charge is 0.459 e. The topological polar surface area (TPSA) is 63.2 Å². The van der Waals surface area contributed by atoms with Gasteiger partial charge in [0.25, 0.3) is 5.95 Å². The molecule has 4 rings (SSSR count). The second kappa shape index (κ2) is 9.38. The highest BCUT2D eigenvalue weighted by atomic mass is 31.2. The van der Waals surface area contributed by atoms with Crippen molar-refractivity contribution in [2.45, 2.75) is 44.3 Å². The predicted molar refractivity (Wildman–Crippen MR) is 109 cm³/mol. The van der Waals surface area contributed by atoms with Crippen molar-refractivity contribution in [2.75, 3.05) is 6.61 Å². The van der Waals surface area contributed by atoms with Crippen LogP contribution in [0.5, 0.6) is 11.5 Å². The molecule has 1 fully saturated rings. The van der Waals surface area contributed by atoms with E-state index in [0.29, 0.717) is 11.5 Å². The van der Waals surface area contributed by atoms with Crippen molar-refractivity contribution in [1.29, 1.82) is 0 Å². The van der Waals surface area contributed by atoms with Crippen molar-refractivity contribution in [1.82, 2.24) is 0 Å². The van der Waals surface area contributed by atoms with E-state index < -0.39 is 7.82 Å².